The molecule has 1 aromatic carbocycles. The van der Waals surface area contributed by atoms with Crippen LogP contribution >= 0.6 is 0 Å². The van der Waals surface area contributed by atoms with Crippen LogP contribution in [0.5, 0.6) is 0 Å². The number of amides is 1. The van der Waals surface area contributed by atoms with Crippen LogP contribution in [0.15, 0.2) is 18.2 Å². The number of hydrogen-bond acceptors (Lipinski definition) is 3. The minimum absolute atomic E-state index is 0.0499. The Morgan fingerprint density at radius 2 is 2.14 bits per heavy atom. The lowest BCUT2D eigenvalue weighted by Crippen LogP contribution is -2.52. The zero-order valence-corrected chi connectivity index (χ0v) is 12.8. The van der Waals surface area contributed by atoms with Gasteiger partial charge in [-0.1, -0.05) is 0 Å². The predicted molar refractivity (Wildman–Crippen MR) is 78.2 cm³/mol. The summed E-state index contributed by atoms with van der Waals surface area (Å²) in [5, 5.41) is 9.50. The zero-order chi connectivity index (χ0) is 16.3. The molecule has 0 saturated carbocycles. The SMILES string of the molecule is COCC1(C(=O)O)CCCN(C(=O)c2cc(C)cc(F)c2)C1. The lowest BCUT2D eigenvalue weighted by atomic mass is 9.80. The van der Waals surface area contributed by atoms with E-state index >= 15 is 0 Å². The molecular weight excluding hydrogens is 289 g/mol. The van der Waals surface area contributed by atoms with E-state index in [4.69, 9.17) is 4.74 Å². The number of carbonyl (C=O) groups excluding carboxylic acids is 1. The third-order valence-corrected chi connectivity index (χ3v) is 4.03. The van der Waals surface area contributed by atoms with Gasteiger partial charge in [0.05, 0.1) is 6.61 Å². The van der Waals surface area contributed by atoms with E-state index in [1.54, 1.807) is 13.0 Å². The van der Waals surface area contributed by atoms with Crippen molar-refractivity contribution in [3.05, 3.63) is 35.1 Å². The Labute approximate surface area is 128 Å². The normalized spacial score (nSPS) is 21.7. The second kappa shape index (κ2) is 6.44. The molecule has 0 spiro atoms. The van der Waals surface area contributed by atoms with Gasteiger partial charge in [-0.2, -0.15) is 0 Å². The highest BCUT2D eigenvalue weighted by atomic mass is 19.1. The summed E-state index contributed by atoms with van der Waals surface area (Å²) in [6, 6.07) is 4.14. The van der Waals surface area contributed by atoms with Crippen LogP contribution in [-0.2, 0) is 9.53 Å². The molecule has 1 N–H and O–H groups in total. The smallest absolute Gasteiger partial charge is 0.313 e. The highest BCUT2D eigenvalue weighted by molar-refractivity contribution is 5.95. The number of piperidine rings is 1. The molecule has 0 radical (unpaired) electrons. The second-order valence-corrected chi connectivity index (χ2v) is 5.87. The molecule has 1 fully saturated rings. The van der Waals surface area contributed by atoms with Crippen molar-refractivity contribution in [1.29, 1.82) is 0 Å². The molecule has 1 saturated heterocycles. The van der Waals surface area contributed by atoms with Gasteiger partial charge in [0.25, 0.3) is 5.91 Å². The number of benzene rings is 1. The number of aryl methyl sites for hydroxylation is 1. The number of likely N-dealkylation sites (tertiary alicyclic amines) is 1. The van der Waals surface area contributed by atoms with Crippen molar-refractivity contribution in [3.63, 3.8) is 0 Å². The summed E-state index contributed by atoms with van der Waals surface area (Å²) < 4.78 is 18.5. The van der Waals surface area contributed by atoms with E-state index in [9.17, 15) is 19.1 Å². The van der Waals surface area contributed by atoms with Crippen LogP contribution in [0.4, 0.5) is 4.39 Å². The van der Waals surface area contributed by atoms with Crippen molar-refractivity contribution in [2.24, 2.45) is 5.41 Å². The summed E-state index contributed by atoms with van der Waals surface area (Å²) in [5.41, 5.74) is -0.191. The van der Waals surface area contributed by atoms with Crippen molar-refractivity contribution in [2.75, 3.05) is 26.8 Å². The molecule has 1 unspecified atom stereocenters. The van der Waals surface area contributed by atoms with Gasteiger partial charge in [-0.05, 0) is 43.5 Å². The van der Waals surface area contributed by atoms with E-state index in [1.165, 1.54) is 24.1 Å². The van der Waals surface area contributed by atoms with Gasteiger partial charge in [0, 0.05) is 25.8 Å². The van der Waals surface area contributed by atoms with Crippen LogP contribution < -0.4 is 0 Å². The molecule has 1 aliphatic rings. The molecule has 5 nitrogen and oxygen atoms in total. The Bertz CT molecular complexity index is 565. The summed E-state index contributed by atoms with van der Waals surface area (Å²) in [6.45, 7) is 2.30. The van der Waals surface area contributed by atoms with E-state index < -0.39 is 17.2 Å². The van der Waals surface area contributed by atoms with Crippen molar-refractivity contribution in [1.82, 2.24) is 4.90 Å². The number of carboxylic acids is 1. The molecule has 1 amide bonds. The van der Waals surface area contributed by atoms with Crippen molar-refractivity contribution < 1.29 is 23.8 Å². The summed E-state index contributed by atoms with van der Waals surface area (Å²) in [6.07, 6.45) is 1.04. The van der Waals surface area contributed by atoms with Crippen molar-refractivity contribution >= 4 is 11.9 Å². The Morgan fingerprint density at radius 3 is 2.73 bits per heavy atom. The highest BCUT2D eigenvalue weighted by Crippen LogP contribution is 2.31. The van der Waals surface area contributed by atoms with Crippen LogP contribution in [0, 0.1) is 18.2 Å². The largest absolute Gasteiger partial charge is 0.481 e. The van der Waals surface area contributed by atoms with Crippen LogP contribution in [0.2, 0.25) is 0 Å². The van der Waals surface area contributed by atoms with Crippen molar-refractivity contribution in [2.45, 2.75) is 19.8 Å². The molecule has 22 heavy (non-hydrogen) atoms. The Hall–Kier alpha value is -1.95. The first-order valence-corrected chi connectivity index (χ1v) is 7.17. The third kappa shape index (κ3) is 3.27. The van der Waals surface area contributed by atoms with Crippen molar-refractivity contribution in [3.8, 4) is 0 Å². The number of halogens is 1. The number of methoxy groups -OCH3 is 1. The topological polar surface area (TPSA) is 66.8 Å². The highest BCUT2D eigenvalue weighted by Gasteiger charge is 2.44. The maximum absolute atomic E-state index is 13.5. The van der Waals surface area contributed by atoms with Gasteiger partial charge in [-0.25, -0.2) is 4.39 Å². The number of hydrogen-bond donors (Lipinski definition) is 1. The van der Waals surface area contributed by atoms with Gasteiger partial charge in [-0.3, -0.25) is 9.59 Å². The van der Waals surface area contributed by atoms with E-state index in [2.05, 4.69) is 0 Å². The van der Waals surface area contributed by atoms with Gasteiger partial charge in [-0.15, -0.1) is 0 Å². The Balaban J connectivity index is 2.24. The van der Waals surface area contributed by atoms with Crippen LogP contribution in [-0.4, -0.2) is 48.7 Å². The molecule has 1 aliphatic heterocycles. The number of nitrogens with zero attached hydrogens (tertiary/aromatic N) is 1. The third-order valence-electron chi connectivity index (χ3n) is 4.03. The average Bonchev–Trinajstić information content (AvgIpc) is 2.46. The molecule has 1 aromatic rings. The minimum Gasteiger partial charge on any atom is -0.481 e. The number of ether oxygens (including phenoxy) is 1. The Kier molecular flexibility index (Phi) is 4.81. The fourth-order valence-corrected chi connectivity index (χ4v) is 2.98. The van der Waals surface area contributed by atoms with Crippen LogP contribution in [0.3, 0.4) is 0 Å². The molecule has 6 heteroatoms. The number of rotatable bonds is 4. The molecule has 2 rings (SSSR count). The van der Waals surface area contributed by atoms with Gasteiger partial charge >= 0.3 is 5.97 Å². The van der Waals surface area contributed by atoms with Gasteiger partial charge in [0.1, 0.15) is 11.2 Å². The molecule has 120 valence electrons. The van der Waals surface area contributed by atoms with Gasteiger partial charge < -0.3 is 14.7 Å². The standard InChI is InChI=1S/C16H20FNO4/c1-11-6-12(8-13(17)7-11)14(19)18-5-3-4-16(9-18,10-22-2)15(20)21/h6-8H,3-5,9-10H2,1-2H3,(H,20,21). The van der Waals surface area contributed by atoms with E-state index in [-0.39, 0.29) is 24.6 Å². The maximum Gasteiger partial charge on any atom is 0.313 e. The van der Waals surface area contributed by atoms with Gasteiger partial charge in [0.15, 0.2) is 0 Å². The number of carbonyl (C=O) groups is 2. The fraction of sp³-hybridized carbons (Fsp3) is 0.500. The Morgan fingerprint density at radius 1 is 1.41 bits per heavy atom. The quantitative estimate of drug-likeness (QED) is 0.925. The first-order chi connectivity index (χ1) is 10.4. The monoisotopic (exact) mass is 309 g/mol. The number of aliphatic carboxylic acids is 1. The summed E-state index contributed by atoms with van der Waals surface area (Å²) >= 11 is 0. The first-order valence-electron chi connectivity index (χ1n) is 7.17. The van der Waals surface area contributed by atoms with E-state index in [1.807, 2.05) is 0 Å². The second-order valence-electron chi connectivity index (χ2n) is 5.87. The van der Waals surface area contributed by atoms with E-state index in [0.29, 0.717) is 24.9 Å². The molecule has 0 aromatic heterocycles. The molecule has 0 bridgehead atoms. The lowest BCUT2D eigenvalue weighted by molar-refractivity contribution is -0.155. The van der Waals surface area contributed by atoms with E-state index in [0.717, 1.165) is 0 Å². The molecule has 1 heterocycles. The lowest BCUT2D eigenvalue weighted by Gasteiger charge is -2.39. The predicted octanol–water partition coefficient (Wildman–Crippen LogP) is 2.09. The van der Waals surface area contributed by atoms with Gasteiger partial charge in [0.2, 0.25) is 0 Å². The number of carboxylic acid groups (broad SMARTS) is 1. The zero-order valence-electron chi connectivity index (χ0n) is 12.8. The summed E-state index contributed by atoms with van der Waals surface area (Å²) in [5.74, 6) is -1.78. The minimum atomic E-state index is -1.09. The van der Waals surface area contributed by atoms with Crippen LogP contribution in [0.1, 0.15) is 28.8 Å². The molecule has 1 atom stereocenters. The summed E-state index contributed by atoms with van der Waals surface area (Å²) in [4.78, 5) is 25.6. The maximum atomic E-state index is 13.5. The molecular formula is C16H20FNO4. The fourth-order valence-electron chi connectivity index (χ4n) is 2.98. The average molecular weight is 309 g/mol. The molecule has 0 aliphatic carbocycles. The first kappa shape index (κ1) is 16.4. The van der Waals surface area contributed by atoms with Crippen LogP contribution in [0.25, 0.3) is 0 Å². The summed E-state index contributed by atoms with van der Waals surface area (Å²) in [7, 11) is 1.45.